The predicted molar refractivity (Wildman–Crippen MR) is 134 cm³/mol. The summed E-state index contributed by atoms with van der Waals surface area (Å²) < 4.78 is 13.1. The Bertz CT molecular complexity index is 883. The van der Waals surface area contributed by atoms with E-state index < -0.39 is 17.4 Å². The zero-order valence-corrected chi connectivity index (χ0v) is 21.7. The molecular formula is C27H41FN4O4. The Kier molecular flexibility index (Phi) is 9.84. The number of halogens is 1. The van der Waals surface area contributed by atoms with Gasteiger partial charge in [0.25, 0.3) is 0 Å². The normalized spacial score (nSPS) is 20.2. The molecule has 3 rings (SSSR count). The molecule has 1 saturated carbocycles. The van der Waals surface area contributed by atoms with Crippen molar-refractivity contribution >= 4 is 18.2 Å². The minimum absolute atomic E-state index is 0.0873. The van der Waals surface area contributed by atoms with E-state index in [9.17, 15) is 24.0 Å². The number of hydroxylamine groups is 2. The molecule has 8 nitrogen and oxygen atoms in total. The van der Waals surface area contributed by atoms with E-state index in [1.165, 1.54) is 12.1 Å². The van der Waals surface area contributed by atoms with E-state index in [1.807, 2.05) is 20.8 Å². The highest BCUT2D eigenvalue weighted by atomic mass is 19.1. The van der Waals surface area contributed by atoms with Gasteiger partial charge in [-0.1, -0.05) is 58.6 Å². The molecule has 3 N–H and O–H groups in total. The Labute approximate surface area is 213 Å². The minimum Gasteiger partial charge on any atom is -0.344 e. The van der Waals surface area contributed by atoms with Crippen LogP contribution in [0.1, 0.15) is 64.9 Å². The molecule has 200 valence electrons. The van der Waals surface area contributed by atoms with Gasteiger partial charge in [0.15, 0.2) is 0 Å². The summed E-state index contributed by atoms with van der Waals surface area (Å²) >= 11 is 0. The Morgan fingerprint density at radius 3 is 2.47 bits per heavy atom. The molecule has 1 aromatic rings. The molecule has 1 aromatic carbocycles. The van der Waals surface area contributed by atoms with Crippen molar-refractivity contribution in [1.29, 1.82) is 0 Å². The molecule has 0 unspecified atom stereocenters. The quantitative estimate of drug-likeness (QED) is 0.244. The molecule has 1 heterocycles. The van der Waals surface area contributed by atoms with Crippen LogP contribution in [0.15, 0.2) is 24.3 Å². The van der Waals surface area contributed by atoms with Crippen molar-refractivity contribution in [2.75, 3.05) is 19.6 Å². The summed E-state index contributed by atoms with van der Waals surface area (Å²) in [5.74, 6) is -0.894. The van der Waals surface area contributed by atoms with Crippen LogP contribution in [-0.4, -0.2) is 65.1 Å². The standard InChI is InChI=1S/C27H41FN4O4/c1-27(2,3)24(30-25(34)21(16-32(36)18-33)14-19-6-4-5-7-19)26(35)31-13-12-23(17-31)29-15-20-8-10-22(28)11-9-20/h8-11,18-19,21,23-24,29,36H,4-7,12-17H2,1-3H3,(H,30,34)/t21-,23-,24-/m1/s1. The van der Waals surface area contributed by atoms with Crippen LogP contribution >= 0.6 is 0 Å². The van der Waals surface area contributed by atoms with E-state index >= 15 is 0 Å². The molecule has 2 aliphatic rings. The second kappa shape index (κ2) is 12.6. The molecule has 3 amide bonds. The fraction of sp³-hybridized carbons (Fsp3) is 0.667. The molecule has 36 heavy (non-hydrogen) atoms. The molecule has 0 aromatic heterocycles. The van der Waals surface area contributed by atoms with Gasteiger partial charge in [0.2, 0.25) is 18.2 Å². The average Bonchev–Trinajstić information content (AvgIpc) is 3.52. The lowest BCUT2D eigenvalue weighted by atomic mass is 9.84. The summed E-state index contributed by atoms with van der Waals surface area (Å²) in [6.07, 6.45) is 6.02. The van der Waals surface area contributed by atoms with Gasteiger partial charge >= 0.3 is 0 Å². The number of hydrogen-bond acceptors (Lipinski definition) is 5. The van der Waals surface area contributed by atoms with Gasteiger partial charge in [-0.25, -0.2) is 9.45 Å². The maximum atomic E-state index is 13.6. The van der Waals surface area contributed by atoms with Crippen LogP contribution in [-0.2, 0) is 20.9 Å². The van der Waals surface area contributed by atoms with E-state index in [4.69, 9.17) is 0 Å². The molecular weight excluding hydrogens is 463 g/mol. The maximum absolute atomic E-state index is 13.6. The topological polar surface area (TPSA) is 102 Å². The number of carbonyl (C=O) groups is 3. The summed E-state index contributed by atoms with van der Waals surface area (Å²) in [5, 5.41) is 16.7. The Morgan fingerprint density at radius 1 is 1.19 bits per heavy atom. The predicted octanol–water partition coefficient (Wildman–Crippen LogP) is 3.09. The number of benzene rings is 1. The van der Waals surface area contributed by atoms with E-state index in [0.29, 0.717) is 43.4 Å². The number of nitrogens with one attached hydrogen (secondary N) is 2. The van der Waals surface area contributed by atoms with Gasteiger partial charge in [0.1, 0.15) is 11.9 Å². The largest absolute Gasteiger partial charge is 0.344 e. The van der Waals surface area contributed by atoms with Crippen LogP contribution in [0.3, 0.4) is 0 Å². The molecule has 1 aliphatic heterocycles. The summed E-state index contributed by atoms with van der Waals surface area (Å²) in [6.45, 7) is 7.39. The van der Waals surface area contributed by atoms with Crippen molar-refractivity contribution in [2.45, 2.75) is 77.9 Å². The molecule has 0 radical (unpaired) electrons. The number of rotatable bonds is 11. The monoisotopic (exact) mass is 504 g/mol. The van der Waals surface area contributed by atoms with Gasteiger partial charge in [-0.15, -0.1) is 0 Å². The van der Waals surface area contributed by atoms with E-state index in [1.54, 1.807) is 17.0 Å². The number of likely N-dealkylation sites (tertiary alicyclic amines) is 1. The van der Waals surface area contributed by atoms with Gasteiger partial charge in [-0.2, -0.15) is 0 Å². The average molecular weight is 505 g/mol. The second-order valence-corrected chi connectivity index (χ2v) is 11.4. The molecule has 0 spiro atoms. The molecule has 1 saturated heterocycles. The fourth-order valence-corrected chi connectivity index (χ4v) is 5.26. The summed E-state index contributed by atoms with van der Waals surface area (Å²) in [5.41, 5.74) is 0.455. The van der Waals surface area contributed by atoms with Crippen molar-refractivity contribution in [2.24, 2.45) is 17.3 Å². The lowest BCUT2D eigenvalue weighted by molar-refractivity contribution is -0.155. The number of amides is 3. The van der Waals surface area contributed by atoms with E-state index in [2.05, 4.69) is 10.6 Å². The van der Waals surface area contributed by atoms with Gasteiger partial charge in [-0.05, 0) is 41.9 Å². The first-order valence-corrected chi connectivity index (χ1v) is 13.0. The third-order valence-corrected chi connectivity index (χ3v) is 7.40. The number of nitrogens with zero attached hydrogens (tertiary/aromatic N) is 2. The van der Waals surface area contributed by atoms with Crippen molar-refractivity contribution in [1.82, 2.24) is 20.6 Å². The van der Waals surface area contributed by atoms with Crippen LogP contribution in [0.5, 0.6) is 0 Å². The first-order chi connectivity index (χ1) is 17.1. The third kappa shape index (κ3) is 8.00. The van der Waals surface area contributed by atoms with Crippen molar-refractivity contribution in [3.05, 3.63) is 35.6 Å². The van der Waals surface area contributed by atoms with Crippen LogP contribution in [0.25, 0.3) is 0 Å². The van der Waals surface area contributed by atoms with Gasteiger partial charge in [0.05, 0.1) is 12.5 Å². The number of hydrogen-bond donors (Lipinski definition) is 3. The first-order valence-electron chi connectivity index (χ1n) is 13.0. The Hall–Kier alpha value is -2.52. The van der Waals surface area contributed by atoms with E-state index in [0.717, 1.165) is 37.7 Å². The lowest BCUT2D eigenvalue weighted by Crippen LogP contribution is -2.56. The molecule has 1 aliphatic carbocycles. The summed E-state index contributed by atoms with van der Waals surface area (Å²) in [7, 11) is 0. The van der Waals surface area contributed by atoms with Crippen LogP contribution < -0.4 is 10.6 Å². The zero-order chi connectivity index (χ0) is 26.3. The fourth-order valence-electron chi connectivity index (χ4n) is 5.26. The summed E-state index contributed by atoms with van der Waals surface area (Å²) in [4.78, 5) is 39.7. The number of carbonyl (C=O) groups excluding carboxylic acids is 3. The zero-order valence-electron chi connectivity index (χ0n) is 21.7. The van der Waals surface area contributed by atoms with Crippen LogP contribution in [0.4, 0.5) is 4.39 Å². The molecule has 3 atom stereocenters. The van der Waals surface area contributed by atoms with Crippen molar-refractivity contribution in [3.63, 3.8) is 0 Å². The highest BCUT2D eigenvalue weighted by Gasteiger charge is 2.39. The molecule has 2 fully saturated rings. The van der Waals surface area contributed by atoms with Gasteiger partial charge in [0, 0.05) is 25.7 Å². The van der Waals surface area contributed by atoms with Crippen LogP contribution in [0.2, 0.25) is 0 Å². The minimum atomic E-state index is -0.727. The molecule has 9 heteroatoms. The highest BCUT2D eigenvalue weighted by Crippen LogP contribution is 2.31. The van der Waals surface area contributed by atoms with Gasteiger partial charge in [-0.3, -0.25) is 19.6 Å². The molecule has 0 bridgehead atoms. The van der Waals surface area contributed by atoms with Gasteiger partial charge < -0.3 is 15.5 Å². The van der Waals surface area contributed by atoms with Crippen molar-refractivity contribution < 1.29 is 24.0 Å². The lowest BCUT2D eigenvalue weighted by Gasteiger charge is -2.35. The maximum Gasteiger partial charge on any atom is 0.245 e. The van der Waals surface area contributed by atoms with E-state index in [-0.39, 0.29) is 30.2 Å². The smallest absolute Gasteiger partial charge is 0.245 e. The Morgan fingerprint density at radius 2 is 1.86 bits per heavy atom. The highest BCUT2D eigenvalue weighted by molar-refractivity contribution is 5.89. The Balaban J connectivity index is 1.61. The SMILES string of the molecule is CC(C)(C)[C@H](NC(=O)[C@H](CC1CCCC1)CN(O)C=O)C(=O)N1CC[C@@H](NCc2ccc(F)cc2)C1. The second-order valence-electron chi connectivity index (χ2n) is 11.4. The third-order valence-electron chi connectivity index (χ3n) is 7.40. The first kappa shape index (κ1) is 28.1. The van der Waals surface area contributed by atoms with Crippen LogP contribution in [0, 0.1) is 23.1 Å². The summed E-state index contributed by atoms with van der Waals surface area (Å²) in [6, 6.07) is 5.74. The van der Waals surface area contributed by atoms with Crippen molar-refractivity contribution in [3.8, 4) is 0 Å².